The average Bonchev–Trinajstić information content (AvgIpc) is 2.31. The van der Waals surface area contributed by atoms with Crippen molar-refractivity contribution in [3.63, 3.8) is 0 Å². The Bertz CT molecular complexity index is 583. The lowest BCUT2D eigenvalue weighted by Crippen LogP contribution is -1.98. The van der Waals surface area contributed by atoms with Crippen LogP contribution in [0.1, 0.15) is 16.5 Å². The van der Waals surface area contributed by atoms with Crippen LogP contribution in [0.5, 0.6) is 0 Å². The number of halogens is 5. The van der Waals surface area contributed by atoms with Crippen LogP contribution in [0.15, 0.2) is 36.4 Å². The summed E-state index contributed by atoms with van der Waals surface area (Å²) in [6, 6.07) is 9.22. The molecule has 0 radical (unpaired) electrons. The van der Waals surface area contributed by atoms with Crippen molar-refractivity contribution in [3.8, 4) is 0 Å². The van der Waals surface area contributed by atoms with Gasteiger partial charge in [-0.2, -0.15) is 0 Å². The van der Waals surface area contributed by atoms with Crippen LogP contribution >= 0.6 is 46.4 Å². The average molecular weight is 324 g/mol. The lowest BCUT2D eigenvalue weighted by atomic mass is 10.0. The number of hydrogen-bond donors (Lipinski definition) is 0. The van der Waals surface area contributed by atoms with Crippen molar-refractivity contribution in [2.45, 2.75) is 5.38 Å². The van der Waals surface area contributed by atoms with E-state index in [-0.39, 0.29) is 0 Å². The van der Waals surface area contributed by atoms with Gasteiger partial charge in [0.25, 0.3) is 0 Å². The van der Waals surface area contributed by atoms with Gasteiger partial charge < -0.3 is 0 Å². The molecule has 0 spiro atoms. The van der Waals surface area contributed by atoms with Gasteiger partial charge >= 0.3 is 0 Å². The van der Waals surface area contributed by atoms with Crippen LogP contribution in [-0.2, 0) is 0 Å². The van der Waals surface area contributed by atoms with Crippen LogP contribution in [0.4, 0.5) is 4.39 Å². The zero-order valence-electron chi connectivity index (χ0n) is 8.93. The van der Waals surface area contributed by atoms with Gasteiger partial charge in [0.1, 0.15) is 5.82 Å². The number of rotatable bonds is 2. The van der Waals surface area contributed by atoms with Crippen LogP contribution in [0, 0.1) is 5.82 Å². The van der Waals surface area contributed by atoms with Gasteiger partial charge in [-0.05, 0) is 35.9 Å². The van der Waals surface area contributed by atoms with Gasteiger partial charge in [-0.15, -0.1) is 11.6 Å². The molecule has 0 aromatic heterocycles. The zero-order chi connectivity index (χ0) is 13.3. The van der Waals surface area contributed by atoms with Crippen molar-refractivity contribution in [2.75, 3.05) is 0 Å². The van der Waals surface area contributed by atoms with Gasteiger partial charge in [0.2, 0.25) is 0 Å². The van der Waals surface area contributed by atoms with Crippen LogP contribution < -0.4 is 0 Å². The molecule has 0 nitrogen and oxygen atoms in total. The maximum atomic E-state index is 13.8. The summed E-state index contributed by atoms with van der Waals surface area (Å²) in [4.78, 5) is 0. The molecule has 0 saturated heterocycles. The maximum absolute atomic E-state index is 13.8. The van der Waals surface area contributed by atoms with Crippen molar-refractivity contribution in [1.82, 2.24) is 0 Å². The van der Waals surface area contributed by atoms with Crippen LogP contribution in [0.3, 0.4) is 0 Å². The molecule has 2 aromatic rings. The molecule has 0 aliphatic carbocycles. The molecular formula is C13H7Cl4F. The molecule has 2 rings (SSSR count). The van der Waals surface area contributed by atoms with Crippen LogP contribution in [0.2, 0.25) is 15.1 Å². The molecule has 5 heteroatoms. The Morgan fingerprint density at radius 1 is 0.833 bits per heavy atom. The molecule has 0 amide bonds. The number of hydrogen-bond acceptors (Lipinski definition) is 0. The number of benzene rings is 2. The van der Waals surface area contributed by atoms with Gasteiger partial charge in [0.05, 0.1) is 5.38 Å². The number of alkyl halides is 1. The van der Waals surface area contributed by atoms with E-state index in [1.807, 2.05) is 0 Å². The molecule has 94 valence electrons. The van der Waals surface area contributed by atoms with Crippen LogP contribution in [-0.4, -0.2) is 0 Å². The van der Waals surface area contributed by atoms with Gasteiger partial charge in [-0.3, -0.25) is 0 Å². The summed E-state index contributed by atoms with van der Waals surface area (Å²) in [6.45, 7) is 0. The fourth-order valence-electron chi connectivity index (χ4n) is 1.58. The topological polar surface area (TPSA) is 0 Å². The van der Waals surface area contributed by atoms with E-state index in [2.05, 4.69) is 0 Å². The van der Waals surface area contributed by atoms with E-state index >= 15 is 0 Å². The summed E-state index contributed by atoms with van der Waals surface area (Å²) >= 11 is 23.8. The van der Waals surface area contributed by atoms with E-state index in [4.69, 9.17) is 46.4 Å². The summed E-state index contributed by atoms with van der Waals surface area (Å²) in [6.07, 6.45) is 0. The van der Waals surface area contributed by atoms with Gasteiger partial charge in [0, 0.05) is 20.6 Å². The first-order chi connectivity index (χ1) is 8.49. The van der Waals surface area contributed by atoms with Crippen molar-refractivity contribution >= 4 is 46.4 Å². The largest absolute Gasteiger partial charge is 0.207 e. The minimum atomic E-state index is -0.714. The van der Waals surface area contributed by atoms with Gasteiger partial charge in [-0.25, -0.2) is 4.39 Å². The minimum Gasteiger partial charge on any atom is -0.207 e. The Kier molecular flexibility index (Phi) is 4.39. The minimum absolute atomic E-state index is 0.310. The fraction of sp³-hybridized carbons (Fsp3) is 0.0769. The van der Waals surface area contributed by atoms with E-state index in [0.29, 0.717) is 26.2 Å². The highest BCUT2D eigenvalue weighted by Gasteiger charge is 2.18. The zero-order valence-corrected chi connectivity index (χ0v) is 12.0. The second-order valence-corrected chi connectivity index (χ2v) is 5.41. The van der Waals surface area contributed by atoms with E-state index in [1.54, 1.807) is 24.3 Å². The van der Waals surface area contributed by atoms with Crippen LogP contribution in [0.25, 0.3) is 0 Å². The van der Waals surface area contributed by atoms with Crippen molar-refractivity contribution in [3.05, 3.63) is 68.4 Å². The summed E-state index contributed by atoms with van der Waals surface area (Å²) in [7, 11) is 0. The fourth-order valence-corrected chi connectivity index (χ4v) is 2.56. The maximum Gasteiger partial charge on any atom is 0.129 e. The predicted octanol–water partition coefficient (Wildman–Crippen LogP) is 6.11. The van der Waals surface area contributed by atoms with E-state index in [0.717, 1.165) is 0 Å². The van der Waals surface area contributed by atoms with Crippen molar-refractivity contribution in [2.24, 2.45) is 0 Å². The monoisotopic (exact) mass is 322 g/mol. The molecule has 0 fully saturated rings. The smallest absolute Gasteiger partial charge is 0.129 e. The van der Waals surface area contributed by atoms with Crippen molar-refractivity contribution in [1.29, 1.82) is 0 Å². The summed E-state index contributed by atoms with van der Waals surface area (Å²) < 4.78 is 13.8. The highest BCUT2D eigenvalue weighted by molar-refractivity contribution is 6.35. The normalized spacial score (nSPS) is 12.5. The van der Waals surface area contributed by atoms with E-state index in [9.17, 15) is 4.39 Å². The molecule has 0 N–H and O–H groups in total. The first-order valence-electron chi connectivity index (χ1n) is 5.03. The highest BCUT2D eigenvalue weighted by atomic mass is 35.5. The molecule has 1 unspecified atom stereocenters. The Morgan fingerprint density at radius 3 is 2.11 bits per heavy atom. The summed E-state index contributed by atoms with van der Waals surface area (Å²) in [5.41, 5.74) is 0.872. The Balaban J connectivity index is 2.47. The molecule has 18 heavy (non-hydrogen) atoms. The second-order valence-electron chi connectivity index (χ2n) is 3.69. The molecule has 0 bridgehead atoms. The molecule has 0 aliphatic rings. The second kappa shape index (κ2) is 5.66. The first kappa shape index (κ1) is 14.0. The third-order valence-corrected chi connectivity index (χ3v) is 3.75. The third-order valence-electron chi connectivity index (χ3n) is 2.47. The molecule has 1 atom stereocenters. The lowest BCUT2D eigenvalue weighted by molar-refractivity contribution is 0.612. The summed E-state index contributed by atoms with van der Waals surface area (Å²) in [5.74, 6) is -0.474. The third kappa shape index (κ3) is 2.92. The standard InChI is InChI=1S/C13H7Cl4F/c14-7-2-4-11(16)10(5-7)13(17)9-3-1-8(15)6-12(9)18/h1-6,13H. The SMILES string of the molecule is Fc1cc(Cl)ccc1C(Cl)c1cc(Cl)ccc1Cl. The Labute approximate surface area is 124 Å². The molecule has 2 aromatic carbocycles. The van der Waals surface area contributed by atoms with Crippen molar-refractivity contribution < 1.29 is 4.39 Å². The Hall–Kier alpha value is -0.470. The van der Waals surface area contributed by atoms with Gasteiger partial charge in [0.15, 0.2) is 0 Å². The predicted molar refractivity (Wildman–Crippen MR) is 75.6 cm³/mol. The van der Waals surface area contributed by atoms with Gasteiger partial charge in [-0.1, -0.05) is 40.9 Å². The lowest BCUT2D eigenvalue weighted by Gasteiger charge is -2.13. The molecular weight excluding hydrogens is 317 g/mol. The van der Waals surface area contributed by atoms with E-state index < -0.39 is 11.2 Å². The summed E-state index contributed by atoms with van der Waals surface area (Å²) in [5, 5.41) is 0.536. The quantitative estimate of drug-likeness (QED) is 0.584. The highest BCUT2D eigenvalue weighted by Crippen LogP contribution is 2.36. The molecule has 0 aliphatic heterocycles. The first-order valence-corrected chi connectivity index (χ1v) is 6.60. The molecule has 0 heterocycles. The Morgan fingerprint density at radius 2 is 1.44 bits per heavy atom. The van der Waals surface area contributed by atoms with E-state index in [1.165, 1.54) is 12.1 Å². The molecule has 0 saturated carbocycles.